The third kappa shape index (κ3) is 6.86. The van der Waals surface area contributed by atoms with Gasteiger partial charge in [0.2, 0.25) is 0 Å². The molecule has 2 aromatic rings. The number of halogens is 1. The highest BCUT2D eigenvalue weighted by molar-refractivity contribution is 5.48. The molecular weight excluding hydrogens is 394 g/mol. The van der Waals surface area contributed by atoms with Crippen molar-refractivity contribution in [3.05, 3.63) is 90.5 Å². The Bertz CT molecular complexity index is 749. The molecule has 2 heteroatoms. The minimum absolute atomic E-state index is 0. The van der Waals surface area contributed by atoms with Gasteiger partial charge in [0, 0.05) is 12.0 Å². The van der Waals surface area contributed by atoms with Crippen LogP contribution in [-0.2, 0) is 0 Å². The third-order valence-electron chi connectivity index (χ3n) is 5.05. The molecule has 0 aliphatic rings. The summed E-state index contributed by atoms with van der Waals surface area (Å²) in [6.07, 6.45) is 7.42. The number of quaternary nitrogens is 1. The standard InChI is InChI=1S/C25H30N.BrH/c1-4-14-25(21-20-24-17-11-8-12-18-24)26(5-2,6-3)22-13-19-23-15-9-7-10-16-23;/h4,7-13,15-19,25H,1,5-6,14,22H2,2-3H3;1H/q+1;/p-1. The van der Waals surface area contributed by atoms with Crippen molar-refractivity contribution in [1.29, 1.82) is 0 Å². The van der Waals surface area contributed by atoms with E-state index in [1.54, 1.807) is 0 Å². The van der Waals surface area contributed by atoms with Crippen LogP contribution in [-0.4, -0.2) is 30.2 Å². The highest BCUT2D eigenvalue weighted by Crippen LogP contribution is 2.18. The Kier molecular flexibility index (Phi) is 10.5. The first-order chi connectivity index (χ1) is 12.7. The van der Waals surface area contributed by atoms with Gasteiger partial charge in [-0.05, 0) is 43.5 Å². The fourth-order valence-electron chi connectivity index (χ4n) is 3.28. The topological polar surface area (TPSA) is 0 Å². The molecule has 0 bridgehead atoms. The quantitative estimate of drug-likeness (QED) is 0.347. The lowest BCUT2D eigenvalue weighted by Crippen LogP contribution is -3.00. The highest BCUT2D eigenvalue weighted by atomic mass is 79.9. The molecule has 0 heterocycles. The third-order valence-corrected chi connectivity index (χ3v) is 5.05. The summed E-state index contributed by atoms with van der Waals surface area (Å²) in [4.78, 5) is 0. The molecule has 1 unspecified atom stereocenters. The summed E-state index contributed by atoms with van der Waals surface area (Å²) in [6, 6.07) is 21.0. The van der Waals surface area contributed by atoms with Crippen molar-refractivity contribution in [2.24, 2.45) is 0 Å². The van der Waals surface area contributed by atoms with Gasteiger partial charge in [0.15, 0.2) is 6.04 Å². The minimum atomic E-state index is 0. The molecule has 1 atom stereocenters. The second-order valence-electron chi connectivity index (χ2n) is 6.52. The molecule has 0 fully saturated rings. The summed E-state index contributed by atoms with van der Waals surface area (Å²) >= 11 is 0. The molecule has 0 aliphatic heterocycles. The van der Waals surface area contributed by atoms with Crippen LogP contribution in [0.15, 0.2) is 79.4 Å². The highest BCUT2D eigenvalue weighted by Gasteiger charge is 2.30. The van der Waals surface area contributed by atoms with Crippen LogP contribution in [0.1, 0.15) is 31.4 Å². The van der Waals surface area contributed by atoms with Gasteiger partial charge in [-0.25, -0.2) is 0 Å². The first kappa shape index (κ1) is 23.0. The van der Waals surface area contributed by atoms with Crippen molar-refractivity contribution in [1.82, 2.24) is 0 Å². The van der Waals surface area contributed by atoms with Crippen molar-refractivity contribution in [2.45, 2.75) is 26.3 Å². The van der Waals surface area contributed by atoms with Crippen LogP contribution in [0.5, 0.6) is 0 Å². The van der Waals surface area contributed by atoms with E-state index in [9.17, 15) is 0 Å². The smallest absolute Gasteiger partial charge is 0.155 e. The van der Waals surface area contributed by atoms with Crippen molar-refractivity contribution >= 4 is 6.08 Å². The van der Waals surface area contributed by atoms with Crippen LogP contribution < -0.4 is 17.0 Å². The van der Waals surface area contributed by atoms with Crippen molar-refractivity contribution in [3.8, 4) is 11.8 Å². The maximum absolute atomic E-state index is 3.97. The lowest BCUT2D eigenvalue weighted by Gasteiger charge is -2.40. The Labute approximate surface area is 175 Å². The molecule has 0 saturated heterocycles. The average Bonchev–Trinajstić information content (AvgIpc) is 2.70. The van der Waals surface area contributed by atoms with E-state index in [1.807, 2.05) is 24.3 Å². The lowest BCUT2D eigenvalue weighted by molar-refractivity contribution is -0.935. The number of benzene rings is 2. The minimum Gasteiger partial charge on any atom is -1.00 e. The normalized spacial score (nSPS) is 11.9. The molecule has 1 nitrogen and oxygen atoms in total. The van der Waals surface area contributed by atoms with Gasteiger partial charge >= 0.3 is 0 Å². The monoisotopic (exact) mass is 423 g/mol. The Balaban J connectivity index is 0.00000364. The molecular formula is C25H30BrN. The fourth-order valence-corrected chi connectivity index (χ4v) is 3.28. The van der Waals surface area contributed by atoms with E-state index in [0.717, 1.165) is 36.1 Å². The number of hydrogen-bond acceptors (Lipinski definition) is 0. The fraction of sp³-hybridized carbons (Fsp3) is 0.280. The molecule has 0 amide bonds. The van der Waals surface area contributed by atoms with Gasteiger partial charge in [-0.3, -0.25) is 0 Å². The molecule has 142 valence electrons. The van der Waals surface area contributed by atoms with E-state index in [0.29, 0.717) is 0 Å². The van der Waals surface area contributed by atoms with Gasteiger partial charge in [-0.15, -0.1) is 6.58 Å². The second kappa shape index (κ2) is 12.3. The summed E-state index contributed by atoms with van der Waals surface area (Å²) in [5, 5.41) is 0. The summed E-state index contributed by atoms with van der Waals surface area (Å²) in [6.45, 7) is 11.6. The van der Waals surface area contributed by atoms with Crippen LogP contribution in [0.4, 0.5) is 0 Å². The van der Waals surface area contributed by atoms with Crippen LogP contribution in [0.25, 0.3) is 6.08 Å². The second-order valence-corrected chi connectivity index (χ2v) is 6.52. The van der Waals surface area contributed by atoms with Gasteiger partial charge in [-0.1, -0.05) is 66.6 Å². The number of nitrogens with zero attached hydrogens (tertiary/aromatic N) is 1. The van der Waals surface area contributed by atoms with Crippen molar-refractivity contribution in [2.75, 3.05) is 19.6 Å². The van der Waals surface area contributed by atoms with Crippen LogP contribution in [0, 0.1) is 11.8 Å². The Morgan fingerprint density at radius 1 is 0.963 bits per heavy atom. The molecule has 0 aliphatic carbocycles. The van der Waals surface area contributed by atoms with Crippen molar-refractivity contribution in [3.63, 3.8) is 0 Å². The zero-order valence-corrected chi connectivity index (χ0v) is 18.0. The molecule has 0 saturated carbocycles. The molecule has 0 radical (unpaired) electrons. The Morgan fingerprint density at radius 3 is 2.11 bits per heavy atom. The van der Waals surface area contributed by atoms with Crippen molar-refractivity contribution < 1.29 is 21.5 Å². The number of rotatable bonds is 8. The first-order valence-electron chi connectivity index (χ1n) is 9.49. The number of hydrogen-bond donors (Lipinski definition) is 0. The first-order valence-corrected chi connectivity index (χ1v) is 9.49. The van der Waals surface area contributed by atoms with Crippen LogP contribution >= 0.6 is 0 Å². The average molecular weight is 424 g/mol. The zero-order valence-electron chi connectivity index (χ0n) is 16.4. The predicted molar refractivity (Wildman–Crippen MR) is 114 cm³/mol. The van der Waals surface area contributed by atoms with E-state index < -0.39 is 0 Å². The van der Waals surface area contributed by atoms with Gasteiger partial charge in [0.25, 0.3) is 0 Å². The Morgan fingerprint density at radius 2 is 1.56 bits per heavy atom. The van der Waals surface area contributed by atoms with E-state index in [2.05, 4.69) is 86.9 Å². The summed E-state index contributed by atoms with van der Waals surface area (Å²) in [5.74, 6) is 6.92. The molecule has 0 aromatic heterocycles. The maximum Gasteiger partial charge on any atom is 0.155 e. The van der Waals surface area contributed by atoms with Gasteiger partial charge in [0.1, 0.15) is 0 Å². The van der Waals surface area contributed by atoms with E-state index in [1.165, 1.54) is 5.56 Å². The van der Waals surface area contributed by atoms with Gasteiger partial charge < -0.3 is 21.5 Å². The SMILES string of the molecule is C=CCC(C#Cc1ccccc1)[N+](CC)(CC)CC=Cc1ccccc1.[Br-]. The number of likely N-dealkylation sites (N-methyl/N-ethyl adjacent to an activating group) is 1. The molecule has 2 rings (SSSR count). The predicted octanol–water partition coefficient (Wildman–Crippen LogP) is 2.56. The van der Waals surface area contributed by atoms with Gasteiger partial charge in [-0.2, -0.15) is 0 Å². The zero-order chi connectivity index (χ0) is 18.7. The van der Waals surface area contributed by atoms with E-state index in [4.69, 9.17) is 0 Å². The van der Waals surface area contributed by atoms with Gasteiger partial charge in [0.05, 0.1) is 19.6 Å². The van der Waals surface area contributed by atoms with E-state index in [-0.39, 0.29) is 23.0 Å². The maximum atomic E-state index is 3.97. The molecule has 0 spiro atoms. The van der Waals surface area contributed by atoms with E-state index >= 15 is 0 Å². The molecule has 27 heavy (non-hydrogen) atoms. The molecule has 2 aromatic carbocycles. The summed E-state index contributed by atoms with van der Waals surface area (Å²) in [5.41, 5.74) is 2.32. The summed E-state index contributed by atoms with van der Waals surface area (Å²) in [7, 11) is 0. The molecule has 0 N–H and O–H groups in total. The summed E-state index contributed by atoms with van der Waals surface area (Å²) < 4.78 is 0.954. The lowest BCUT2D eigenvalue weighted by atomic mass is 10.1. The van der Waals surface area contributed by atoms with Crippen LogP contribution in [0.3, 0.4) is 0 Å². The Hall–Kier alpha value is -2.08. The largest absolute Gasteiger partial charge is 1.00 e. The van der Waals surface area contributed by atoms with Crippen LogP contribution in [0.2, 0.25) is 0 Å².